The number of nitrogens with one attached hydrogen (secondary N) is 1. The third-order valence-corrected chi connectivity index (χ3v) is 9.09. The summed E-state index contributed by atoms with van der Waals surface area (Å²) < 4.78 is 34.2. The highest BCUT2D eigenvalue weighted by Crippen LogP contribution is 2.33. The number of sulfonamides is 1. The molecule has 3 atom stereocenters. The largest absolute Gasteiger partial charge is 0.451 e. The van der Waals surface area contributed by atoms with Gasteiger partial charge in [-0.15, -0.1) is 0 Å². The molecule has 0 unspecified atom stereocenters. The summed E-state index contributed by atoms with van der Waals surface area (Å²) in [4.78, 5) is 13.4. The first kappa shape index (κ1) is 23.1. The van der Waals surface area contributed by atoms with Crippen molar-refractivity contribution in [2.45, 2.75) is 57.4 Å². The lowest BCUT2D eigenvalue weighted by atomic mass is 9.87. The number of hydrogen-bond donors (Lipinski definition) is 1. The number of carbonyl (C=O) groups is 1. The SMILES string of the molecule is Cc1c(C(=O)N[C@H]2CCCc3ccccc32)oc2ccc(S(=O)(=O)N3C[C@H](C)C[C@H](C)C3)cc12. The Morgan fingerprint density at radius 2 is 1.82 bits per heavy atom. The number of nitrogens with zero attached hydrogens (tertiary/aromatic N) is 1. The van der Waals surface area contributed by atoms with Crippen molar-refractivity contribution in [2.24, 2.45) is 11.8 Å². The van der Waals surface area contributed by atoms with Gasteiger partial charge in [0.05, 0.1) is 10.9 Å². The van der Waals surface area contributed by atoms with E-state index in [0.29, 0.717) is 41.5 Å². The molecule has 7 heteroatoms. The van der Waals surface area contributed by atoms with E-state index in [1.165, 1.54) is 5.56 Å². The Labute approximate surface area is 201 Å². The van der Waals surface area contributed by atoms with Gasteiger partial charge in [0.1, 0.15) is 5.58 Å². The molecular formula is C27H32N2O4S. The van der Waals surface area contributed by atoms with Gasteiger partial charge in [-0.05, 0) is 73.8 Å². The molecule has 0 spiro atoms. The maximum absolute atomic E-state index is 13.4. The quantitative estimate of drug-likeness (QED) is 0.556. The van der Waals surface area contributed by atoms with Crippen LogP contribution in [0.25, 0.3) is 11.0 Å². The van der Waals surface area contributed by atoms with E-state index in [9.17, 15) is 13.2 Å². The summed E-state index contributed by atoms with van der Waals surface area (Å²) in [5.74, 6) is 0.641. The Morgan fingerprint density at radius 3 is 2.59 bits per heavy atom. The number of hydrogen-bond acceptors (Lipinski definition) is 4. The summed E-state index contributed by atoms with van der Waals surface area (Å²) in [6.07, 6.45) is 3.97. The summed E-state index contributed by atoms with van der Waals surface area (Å²) in [6, 6.07) is 13.1. The average Bonchev–Trinajstić information content (AvgIpc) is 3.15. The van der Waals surface area contributed by atoms with Crippen molar-refractivity contribution in [3.05, 3.63) is 64.9 Å². The number of furan rings is 1. The van der Waals surface area contributed by atoms with Gasteiger partial charge in [0.2, 0.25) is 10.0 Å². The number of amides is 1. The Morgan fingerprint density at radius 1 is 1.09 bits per heavy atom. The smallest absolute Gasteiger partial charge is 0.287 e. The van der Waals surface area contributed by atoms with Crippen LogP contribution in [0.1, 0.15) is 66.4 Å². The zero-order valence-corrected chi connectivity index (χ0v) is 20.8. The highest BCUT2D eigenvalue weighted by Gasteiger charge is 2.32. The Bertz CT molecular complexity index is 1330. The molecule has 0 saturated carbocycles. The molecule has 2 aliphatic rings. The first-order valence-corrected chi connectivity index (χ1v) is 13.6. The van der Waals surface area contributed by atoms with Crippen molar-refractivity contribution >= 4 is 26.9 Å². The molecule has 3 aromatic rings. The van der Waals surface area contributed by atoms with Gasteiger partial charge in [0.15, 0.2) is 5.76 Å². The van der Waals surface area contributed by atoms with Crippen LogP contribution in [-0.2, 0) is 16.4 Å². The van der Waals surface area contributed by atoms with Gasteiger partial charge in [-0.1, -0.05) is 38.1 Å². The van der Waals surface area contributed by atoms with Crippen molar-refractivity contribution in [1.82, 2.24) is 9.62 Å². The van der Waals surface area contributed by atoms with Crippen molar-refractivity contribution in [3.8, 4) is 0 Å². The minimum atomic E-state index is -3.61. The summed E-state index contributed by atoms with van der Waals surface area (Å²) in [6.45, 7) is 7.07. The highest BCUT2D eigenvalue weighted by molar-refractivity contribution is 7.89. The third kappa shape index (κ3) is 4.16. The van der Waals surface area contributed by atoms with Crippen molar-refractivity contribution in [1.29, 1.82) is 0 Å². The lowest BCUT2D eigenvalue weighted by Gasteiger charge is -2.34. The highest BCUT2D eigenvalue weighted by atomic mass is 32.2. The predicted octanol–water partition coefficient (Wildman–Crippen LogP) is 5.22. The Hall–Kier alpha value is -2.64. The number of benzene rings is 2. The fraction of sp³-hybridized carbons (Fsp3) is 0.444. The molecule has 6 nitrogen and oxygen atoms in total. The Kier molecular flexibility index (Phi) is 6.02. The molecule has 34 heavy (non-hydrogen) atoms. The van der Waals surface area contributed by atoms with Crippen LogP contribution in [0.15, 0.2) is 51.8 Å². The van der Waals surface area contributed by atoms with Gasteiger partial charge >= 0.3 is 0 Å². The topological polar surface area (TPSA) is 79.6 Å². The zero-order chi connectivity index (χ0) is 24.0. The number of fused-ring (bicyclic) bond motifs is 2. The van der Waals surface area contributed by atoms with Gasteiger partial charge in [-0.25, -0.2) is 8.42 Å². The van der Waals surface area contributed by atoms with Crippen molar-refractivity contribution in [3.63, 3.8) is 0 Å². The minimum absolute atomic E-state index is 0.0518. The van der Waals surface area contributed by atoms with Crippen LogP contribution in [0.4, 0.5) is 0 Å². The second-order valence-electron chi connectivity index (χ2n) is 10.1. The summed E-state index contributed by atoms with van der Waals surface area (Å²) in [7, 11) is -3.61. The predicted molar refractivity (Wildman–Crippen MR) is 132 cm³/mol. The van der Waals surface area contributed by atoms with Crippen LogP contribution in [-0.4, -0.2) is 31.7 Å². The zero-order valence-electron chi connectivity index (χ0n) is 20.0. The molecule has 0 bridgehead atoms. The number of aryl methyl sites for hydroxylation is 2. The molecule has 1 fully saturated rings. The van der Waals surface area contributed by atoms with E-state index < -0.39 is 10.0 Å². The van der Waals surface area contributed by atoms with Crippen LogP contribution < -0.4 is 5.32 Å². The van der Waals surface area contributed by atoms with Crippen LogP contribution in [0.5, 0.6) is 0 Å². The molecule has 5 rings (SSSR count). The van der Waals surface area contributed by atoms with Crippen LogP contribution in [0.2, 0.25) is 0 Å². The van der Waals surface area contributed by atoms with Crippen LogP contribution in [0.3, 0.4) is 0 Å². The fourth-order valence-corrected chi connectivity index (χ4v) is 7.36. The lowest BCUT2D eigenvalue weighted by molar-refractivity contribution is 0.0906. The third-order valence-electron chi connectivity index (χ3n) is 7.26. The number of rotatable bonds is 4. The van der Waals surface area contributed by atoms with E-state index in [1.54, 1.807) is 22.5 Å². The lowest BCUT2D eigenvalue weighted by Crippen LogP contribution is -2.42. The monoisotopic (exact) mass is 480 g/mol. The summed E-state index contributed by atoms with van der Waals surface area (Å²) in [5, 5.41) is 3.80. The van der Waals surface area contributed by atoms with Crippen molar-refractivity contribution < 1.29 is 17.6 Å². The first-order chi connectivity index (χ1) is 16.2. The van der Waals surface area contributed by atoms with Gasteiger partial charge < -0.3 is 9.73 Å². The molecule has 1 aromatic heterocycles. The standard InChI is InChI=1S/C27H32N2O4S/c1-17-13-18(2)16-29(15-17)34(31,32)21-11-12-25-23(14-21)19(3)26(33-25)27(30)28-24-10-6-8-20-7-4-5-9-22(20)24/h4-5,7,9,11-12,14,17-18,24H,6,8,10,13,15-16H2,1-3H3,(H,28,30)/t17-,18+,24-/m0/s1. The average molecular weight is 481 g/mol. The first-order valence-electron chi connectivity index (χ1n) is 12.2. The molecule has 2 aromatic carbocycles. The molecular weight excluding hydrogens is 448 g/mol. The number of carbonyl (C=O) groups excluding carboxylic acids is 1. The maximum Gasteiger partial charge on any atom is 0.287 e. The van der Waals surface area contributed by atoms with Crippen LogP contribution in [0, 0.1) is 18.8 Å². The van der Waals surface area contributed by atoms with Crippen LogP contribution >= 0.6 is 0 Å². The molecule has 180 valence electrons. The van der Waals surface area contributed by atoms with E-state index >= 15 is 0 Å². The summed E-state index contributed by atoms with van der Waals surface area (Å²) in [5.41, 5.74) is 3.62. The van der Waals surface area contributed by atoms with E-state index in [2.05, 4.69) is 31.3 Å². The van der Waals surface area contributed by atoms with Gasteiger partial charge in [-0.2, -0.15) is 4.31 Å². The number of piperidine rings is 1. The minimum Gasteiger partial charge on any atom is -0.451 e. The van der Waals surface area contributed by atoms with E-state index in [-0.39, 0.29) is 22.6 Å². The van der Waals surface area contributed by atoms with Crippen molar-refractivity contribution in [2.75, 3.05) is 13.1 Å². The second kappa shape index (κ2) is 8.86. The van der Waals surface area contributed by atoms with Gasteiger partial charge in [0.25, 0.3) is 5.91 Å². The molecule has 0 radical (unpaired) electrons. The Balaban J connectivity index is 1.43. The molecule has 2 heterocycles. The molecule has 1 N–H and O–H groups in total. The summed E-state index contributed by atoms with van der Waals surface area (Å²) >= 11 is 0. The molecule has 1 aliphatic heterocycles. The van der Waals surface area contributed by atoms with Gasteiger partial charge in [0, 0.05) is 24.0 Å². The van der Waals surface area contributed by atoms with E-state index in [1.807, 2.05) is 19.1 Å². The molecule has 1 aliphatic carbocycles. The second-order valence-corrected chi connectivity index (χ2v) is 12.0. The normalized spacial score (nSPS) is 23.6. The van der Waals surface area contributed by atoms with E-state index in [4.69, 9.17) is 4.42 Å². The maximum atomic E-state index is 13.4. The van der Waals surface area contributed by atoms with Gasteiger partial charge in [-0.3, -0.25) is 4.79 Å². The molecule has 1 amide bonds. The molecule has 1 saturated heterocycles. The fourth-order valence-electron chi connectivity index (χ4n) is 5.66. The van der Waals surface area contributed by atoms with E-state index in [0.717, 1.165) is 31.2 Å².